The van der Waals surface area contributed by atoms with Crippen molar-refractivity contribution in [3.63, 3.8) is 0 Å². The molecule has 0 radical (unpaired) electrons. The Balaban J connectivity index is 2.24. The van der Waals surface area contributed by atoms with Crippen molar-refractivity contribution in [2.24, 2.45) is 0 Å². The number of nitrogens with one attached hydrogen (secondary N) is 1. The molecule has 1 atom stereocenters. The van der Waals surface area contributed by atoms with E-state index in [1.165, 1.54) is 4.88 Å². The van der Waals surface area contributed by atoms with Crippen LogP contribution in [0.2, 0.25) is 0 Å². The van der Waals surface area contributed by atoms with E-state index >= 15 is 0 Å². The molecule has 1 nitrogen and oxygen atoms in total. The van der Waals surface area contributed by atoms with Crippen LogP contribution in [-0.2, 0) is 6.42 Å². The van der Waals surface area contributed by atoms with Crippen LogP contribution in [0.15, 0.2) is 34.1 Å². The average Bonchev–Trinajstić information content (AvgIpc) is 2.80. The molecule has 0 aliphatic heterocycles. The molecule has 0 spiro atoms. The zero-order valence-corrected chi connectivity index (χ0v) is 14.2. The summed E-state index contributed by atoms with van der Waals surface area (Å²) in [7, 11) is 0. The highest BCUT2D eigenvalue weighted by Crippen LogP contribution is 2.29. The number of hydrogen-bond donors (Lipinski definition) is 1. The van der Waals surface area contributed by atoms with Crippen LogP contribution in [0.1, 0.15) is 35.4 Å². The van der Waals surface area contributed by atoms with Gasteiger partial charge >= 0.3 is 0 Å². The summed E-state index contributed by atoms with van der Waals surface area (Å²) >= 11 is 5.26. The van der Waals surface area contributed by atoms with Gasteiger partial charge in [-0.1, -0.05) is 19.1 Å². The summed E-state index contributed by atoms with van der Waals surface area (Å²) in [5.41, 5.74) is 1.71. The van der Waals surface area contributed by atoms with Crippen LogP contribution in [0, 0.1) is 12.7 Å². The molecule has 0 saturated carbocycles. The Morgan fingerprint density at radius 1 is 1.35 bits per heavy atom. The van der Waals surface area contributed by atoms with Gasteiger partial charge < -0.3 is 5.32 Å². The third-order valence-corrected chi connectivity index (χ3v) is 5.20. The van der Waals surface area contributed by atoms with Gasteiger partial charge in [-0.05, 0) is 58.9 Å². The molecule has 2 aromatic rings. The van der Waals surface area contributed by atoms with E-state index in [1.807, 2.05) is 25.1 Å². The number of rotatable bonds is 6. The highest BCUT2D eigenvalue weighted by atomic mass is 79.9. The second kappa shape index (κ2) is 7.34. The predicted molar refractivity (Wildman–Crippen MR) is 87.9 cm³/mol. The van der Waals surface area contributed by atoms with Gasteiger partial charge in [0, 0.05) is 27.4 Å². The fraction of sp³-hybridized carbons (Fsp3) is 0.375. The maximum absolute atomic E-state index is 14.2. The summed E-state index contributed by atoms with van der Waals surface area (Å²) < 4.78 is 15.3. The first-order valence-electron chi connectivity index (χ1n) is 6.83. The molecule has 1 N–H and O–H groups in total. The lowest BCUT2D eigenvalue weighted by atomic mass is 10.0. The first-order chi connectivity index (χ1) is 9.61. The van der Waals surface area contributed by atoms with Gasteiger partial charge in [-0.25, -0.2) is 4.39 Å². The molecule has 1 aromatic heterocycles. The van der Waals surface area contributed by atoms with Crippen LogP contribution in [0.25, 0.3) is 0 Å². The van der Waals surface area contributed by atoms with Crippen LogP contribution in [-0.4, -0.2) is 6.54 Å². The van der Waals surface area contributed by atoms with Gasteiger partial charge in [0.1, 0.15) is 5.82 Å². The van der Waals surface area contributed by atoms with E-state index in [1.54, 1.807) is 17.4 Å². The Labute approximate surface area is 132 Å². The molecule has 1 unspecified atom stereocenters. The number of aryl methyl sites for hydroxylation is 1. The predicted octanol–water partition coefficient (Wildman–Crippen LogP) is 5.24. The second-order valence-corrected chi connectivity index (χ2v) is 6.78. The van der Waals surface area contributed by atoms with Gasteiger partial charge in [0.25, 0.3) is 0 Å². The lowest BCUT2D eigenvalue weighted by Gasteiger charge is -2.19. The Kier molecular flexibility index (Phi) is 5.75. The second-order valence-electron chi connectivity index (χ2n) is 4.93. The van der Waals surface area contributed by atoms with Crippen molar-refractivity contribution >= 4 is 27.3 Å². The first-order valence-corrected chi connectivity index (χ1v) is 8.50. The van der Waals surface area contributed by atoms with Crippen molar-refractivity contribution in [2.45, 2.75) is 32.7 Å². The topological polar surface area (TPSA) is 12.0 Å². The lowest BCUT2D eigenvalue weighted by molar-refractivity contribution is 0.498. The van der Waals surface area contributed by atoms with Crippen molar-refractivity contribution in [3.05, 3.63) is 55.9 Å². The molecular formula is C16H19BrFNS. The van der Waals surface area contributed by atoms with E-state index in [-0.39, 0.29) is 11.9 Å². The molecule has 4 heteroatoms. The van der Waals surface area contributed by atoms with Crippen molar-refractivity contribution in [1.29, 1.82) is 0 Å². The standard InChI is InChI=1S/C16H19BrFNS/c1-3-7-19-15(10-16-13(17)6-8-20-16)12-5-4-11(2)9-14(12)18/h4-6,8-9,15,19H,3,7,10H2,1-2H3. The lowest BCUT2D eigenvalue weighted by Crippen LogP contribution is -2.25. The minimum absolute atomic E-state index is 0.0190. The molecule has 20 heavy (non-hydrogen) atoms. The van der Waals surface area contributed by atoms with Crippen LogP contribution in [0.4, 0.5) is 4.39 Å². The normalized spacial score (nSPS) is 12.6. The van der Waals surface area contributed by atoms with E-state index in [9.17, 15) is 4.39 Å². The first kappa shape index (κ1) is 15.7. The van der Waals surface area contributed by atoms with Gasteiger partial charge in [-0.15, -0.1) is 11.3 Å². The molecule has 0 bridgehead atoms. The van der Waals surface area contributed by atoms with Gasteiger partial charge in [0.15, 0.2) is 0 Å². The minimum atomic E-state index is -0.119. The van der Waals surface area contributed by atoms with Crippen molar-refractivity contribution in [2.75, 3.05) is 6.54 Å². The summed E-state index contributed by atoms with van der Waals surface area (Å²) in [6, 6.07) is 7.55. The molecule has 1 aromatic carbocycles. The largest absolute Gasteiger partial charge is 0.310 e. The monoisotopic (exact) mass is 355 g/mol. The Bertz CT molecular complexity index is 567. The highest BCUT2D eigenvalue weighted by Gasteiger charge is 2.17. The summed E-state index contributed by atoms with van der Waals surface area (Å²) in [6.07, 6.45) is 1.84. The van der Waals surface area contributed by atoms with E-state index in [4.69, 9.17) is 0 Å². The number of hydrogen-bond acceptors (Lipinski definition) is 2. The number of halogens is 2. The Hall–Kier alpha value is -0.710. The van der Waals surface area contributed by atoms with E-state index in [2.05, 4.69) is 33.6 Å². The number of thiophene rings is 1. The Morgan fingerprint density at radius 2 is 2.15 bits per heavy atom. The van der Waals surface area contributed by atoms with E-state index in [0.29, 0.717) is 0 Å². The third kappa shape index (κ3) is 3.90. The van der Waals surface area contributed by atoms with Crippen LogP contribution >= 0.6 is 27.3 Å². The molecule has 0 saturated heterocycles. The molecule has 2 rings (SSSR count). The molecule has 1 heterocycles. The fourth-order valence-corrected chi connectivity index (χ4v) is 3.74. The smallest absolute Gasteiger partial charge is 0.128 e. The zero-order chi connectivity index (χ0) is 14.5. The summed E-state index contributed by atoms with van der Waals surface area (Å²) in [5, 5.41) is 5.51. The summed E-state index contributed by atoms with van der Waals surface area (Å²) in [5.74, 6) is -0.119. The highest BCUT2D eigenvalue weighted by molar-refractivity contribution is 9.10. The van der Waals surface area contributed by atoms with Gasteiger partial charge in [-0.3, -0.25) is 0 Å². The fourth-order valence-electron chi connectivity index (χ4n) is 2.18. The molecule has 0 fully saturated rings. The van der Waals surface area contributed by atoms with Crippen molar-refractivity contribution in [1.82, 2.24) is 5.32 Å². The SMILES string of the molecule is CCCNC(Cc1sccc1Br)c1ccc(C)cc1F. The van der Waals surface area contributed by atoms with Crippen LogP contribution in [0.3, 0.4) is 0 Å². The van der Waals surface area contributed by atoms with E-state index in [0.717, 1.165) is 35.0 Å². The molecular weight excluding hydrogens is 337 g/mol. The van der Waals surface area contributed by atoms with Crippen LogP contribution in [0.5, 0.6) is 0 Å². The molecule has 0 aliphatic rings. The quantitative estimate of drug-likeness (QED) is 0.746. The van der Waals surface area contributed by atoms with Crippen molar-refractivity contribution < 1.29 is 4.39 Å². The van der Waals surface area contributed by atoms with Gasteiger partial charge in [-0.2, -0.15) is 0 Å². The third-order valence-electron chi connectivity index (χ3n) is 3.25. The van der Waals surface area contributed by atoms with E-state index < -0.39 is 0 Å². The van der Waals surface area contributed by atoms with Crippen molar-refractivity contribution in [3.8, 4) is 0 Å². The maximum atomic E-state index is 14.2. The summed E-state index contributed by atoms with van der Waals surface area (Å²) in [4.78, 5) is 1.25. The number of benzene rings is 1. The minimum Gasteiger partial charge on any atom is -0.310 e. The van der Waals surface area contributed by atoms with Gasteiger partial charge in [0.05, 0.1) is 0 Å². The average molecular weight is 356 g/mol. The molecule has 108 valence electrons. The van der Waals surface area contributed by atoms with Crippen LogP contribution < -0.4 is 5.32 Å². The summed E-state index contributed by atoms with van der Waals surface area (Å²) in [6.45, 7) is 4.93. The maximum Gasteiger partial charge on any atom is 0.128 e. The molecule has 0 amide bonds. The zero-order valence-electron chi connectivity index (χ0n) is 11.7. The Morgan fingerprint density at radius 3 is 2.75 bits per heavy atom. The van der Waals surface area contributed by atoms with Gasteiger partial charge in [0.2, 0.25) is 0 Å². The molecule has 0 aliphatic carbocycles.